The number of fused-ring (bicyclic) bond motifs is 1. The van der Waals surface area contributed by atoms with Gasteiger partial charge >= 0.3 is 0 Å². The molecule has 15 heavy (non-hydrogen) atoms. The second-order valence-corrected chi connectivity index (χ2v) is 5.76. The maximum Gasteiger partial charge on any atom is 0.0166 e. The highest BCUT2D eigenvalue weighted by molar-refractivity contribution is 4.96. The fourth-order valence-electron chi connectivity index (χ4n) is 3.04. The van der Waals surface area contributed by atoms with Gasteiger partial charge in [-0.2, -0.15) is 0 Å². The lowest BCUT2D eigenvalue weighted by Gasteiger charge is -2.22. The highest BCUT2D eigenvalue weighted by Crippen LogP contribution is 2.54. The van der Waals surface area contributed by atoms with Crippen LogP contribution in [0.5, 0.6) is 0 Å². The van der Waals surface area contributed by atoms with Crippen LogP contribution in [0.25, 0.3) is 0 Å². The number of nitrogens with zero attached hydrogens (tertiary/aromatic N) is 1. The largest absolute Gasteiger partial charge is 0.313 e. The molecule has 2 aliphatic carbocycles. The van der Waals surface area contributed by atoms with Crippen molar-refractivity contribution < 1.29 is 0 Å². The average molecular weight is 210 g/mol. The molecule has 0 spiro atoms. The van der Waals surface area contributed by atoms with E-state index in [0.29, 0.717) is 6.04 Å². The highest BCUT2D eigenvalue weighted by Gasteiger charge is 2.45. The van der Waals surface area contributed by atoms with Gasteiger partial charge in [-0.05, 0) is 64.1 Å². The van der Waals surface area contributed by atoms with Gasteiger partial charge in [0, 0.05) is 12.6 Å². The number of nitrogens with one attached hydrogen (secondary N) is 1. The normalized spacial score (nSPS) is 35.6. The molecule has 0 aromatic carbocycles. The summed E-state index contributed by atoms with van der Waals surface area (Å²) in [6.45, 7) is 8.11. The van der Waals surface area contributed by atoms with Gasteiger partial charge in [0.05, 0.1) is 0 Å². The molecule has 2 nitrogen and oxygen atoms in total. The molecule has 2 rings (SSSR count). The van der Waals surface area contributed by atoms with Gasteiger partial charge < -0.3 is 10.2 Å². The second-order valence-electron chi connectivity index (χ2n) is 5.76. The first-order chi connectivity index (χ1) is 7.19. The zero-order chi connectivity index (χ0) is 10.8. The van der Waals surface area contributed by atoms with Crippen LogP contribution in [0.3, 0.4) is 0 Å². The molecule has 0 aliphatic heterocycles. The first-order valence-corrected chi connectivity index (χ1v) is 6.61. The Kier molecular flexibility index (Phi) is 3.68. The molecular formula is C13H26N2. The van der Waals surface area contributed by atoms with Crippen molar-refractivity contribution in [1.29, 1.82) is 0 Å². The summed E-state index contributed by atoms with van der Waals surface area (Å²) in [5.74, 6) is 3.25. The van der Waals surface area contributed by atoms with Crippen molar-refractivity contribution in [3.05, 3.63) is 0 Å². The standard InChI is InChI=1S/C13H26N2/c1-4-15(3)9-10(2)14-8-11-5-12-7-13(12)6-11/h10-14H,4-9H2,1-3H3. The van der Waals surface area contributed by atoms with Crippen LogP contribution in [-0.2, 0) is 0 Å². The van der Waals surface area contributed by atoms with Crippen molar-refractivity contribution in [3.8, 4) is 0 Å². The van der Waals surface area contributed by atoms with Crippen molar-refractivity contribution in [2.24, 2.45) is 17.8 Å². The maximum absolute atomic E-state index is 3.69. The van der Waals surface area contributed by atoms with Gasteiger partial charge in [0.1, 0.15) is 0 Å². The number of hydrogen-bond donors (Lipinski definition) is 1. The molecule has 0 aromatic rings. The zero-order valence-electron chi connectivity index (χ0n) is 10.5. The molecule has 2 saturated carbocycles. The molecule has 3 atom stereocenters. The lowest BCUT2D eigenvalue weighted by Crippen LogP contribution is -2.39. The lowest BCUT2D eigenvalue weighted by atomic mass is 10.0. The molecule has 2 heteroatoms. The molecule has 88 valence electrons. The van der Waals surface area contributed by atoms with Crippen molar-refractivity contribution >= 4 is 0 Å². The summed E-state index contributed by atoms with van der Waals surface area (Å²) >= 11 is 0. The quantitative estimate of drug-likeness (QED) is 0.721. The van der Waals surface area contributed by atoms with Gasteiger partial charge in [0.25, 0.3) is 0 Å². The van der Waals surface area contributed by atoms with Crippen molar-refractivity contribution in [2.75, 3.05) is 26.7 Å². The van der Waals surface area contributed by atoms with E-state index in [1.165, 1.54) is 25.9 Å². The van der Waals surface area contributed by atoms with E-state index in [1.807, 2.05) is 0 Å². The minimum absolute atomic E-state index is 0.645. The summed E-state index contributed by atoms with van der Waals surface area (Å²) in [6, 6.07) is 0.645. The Balaban J connectivity index is 1.56. The minimum Gasteiger partial charge on any atom is -0.313 e. The maximum atomic E-state index is 3.69. The fraction of sp³-hybridized carbons (Fsp3) is 1.00. The first-order valence-electron chi connectivity index (χ1n) is 6.61. The molecule has 1 N–H and O–H groups in total. The van der Waals surface area contributed by atoms with Crippen LogP contribution in [0.15, 0.2) is 0 Å². The first kappa shape index (κ1) is 11.4. The second kappa shape index (κ2) is 4.84. The van der Waals surface area contributed by atoms with E-state index in [0.717, 1.165) is 24.3 Å². The third-order valence-electron chi connectivity index (χ3n) is 4.22. The summed E-state index contributed by atoms with van der Waals surface area (Å²) in [6.07, 6.45) is 4.56. The van der Waals surface area contributed by atoms with E-state index in [9.17, 15) is 0 Å². The molecule has 2 fully saturated rings. The van der Waals surface area contributed by atoms with Gasteiger partial charge in [-0.15, -0.1) is 0 Å². The van der Waals surface area contributed by atoms with Crippen molar-refractivity contribution in [3.63, 3.8) is 0 Å². The van der Waals surface area contributed by atoms with Crippen LogP contribution >= 0.6 is 0 Å². The summed E-state index contributed by atoms with van der Waals surface area (Å²) in [7, 11) is 2.20. The molecule has 0 aromatic heterocycles. The van der Waals surface area contributed by atoms with E-state index in [-0.39, 0.29) is 0 Å². The molecule has 3 unspecified atom stereocenters. The van der Waals surface area contributed by atoms with Crippen LogP contribution in [0.1, 0.15) is 33.1 Å². The summed E-state index contributed by atoms with van der Waals surface area (Å²) in [5.41, 5.74) is 0. The fourth-order valence-corrected chi connectivity index (χ4v) is 3.04. The molecule has 0 radical (unpaired) electrons. The van der Waals surface area contributed by atoms with Gasteiger partial charge in [0.2, 0.25) is 0 Å². The smallest absolute Gasteiger partial charge is 0.0166 e. The van der Waals surface area contributed by atoms with Gasteiger partial charge in [-0.3, -0.25) is 0 Å². The van der Waals surface area contributed by atoms with E-state index in [4.69, 9.17) is 0 Å². The van der Waals surface area contributed by atoms with Gasteiger partial charge in [-0.25, -0.2) is 0 Å². The summed E-state index contributed by atoms with van der Waals surface area (Å²) in [5, 5.41) is 3.69. The minimum atomic E-state index is 0.645. The van der Waals surface area contributed by atoms with Gasteiger partial charge in [0.15, 0.2) is 0 Å². The van der Waals surface area contributed by atoms with Crippen LogP contribution < -0.4 is 5.32 Å². The van der Waals surface area contributed by atoms with Crippen molar-refractivity contribution in [2.45, 2.75) is 39.2 Å². The molecular weight excluding hydrogens is 184 g/mol. The average Bonchev–Trinajstić information content (AvgIpc) is 2.83. The summed E-state index contributed by atoms with van der Waals surface area (Å²) < 4.78 is 0. The summed E-state index contributed by atoms with van der Waals surface area (Å²) in [4.78, 5) is 2.38. The molecule has 0 bridgehead atoms. The Morgan fingerprint density at radius 1 is 1.27 bits per heavy atom. The molecule has 0 saturated heterocycles. The molecule has 0 amide bonds. The third kappa shape index (κ3) is 3.18. The van der Waals surface area contributed by atoms with Crippen LogP contribution in [0.4, 0.5) is 0 Å². The Hall–Kier alpha value is -0.0800. The van der Waals surface area contributed by atoms with E-state index < -0.39 is 0 Å². The van der Waals surface area contributed by atoms with E-state index in [2.05, 4.69) is 31.1 Å². The SMILES string of the molecule is CCN(C)CC(C)NCC1CC2CC2C1. The van der Waals surface area contributed by atoms with Crippen LogP contribution in [-0.4, -0.2) is 37.6 Å². The lowest BCUT2D eigenvalue weighted by molar-refractivity contribution is 0.299. The Morgan fingerprint density at radius 2 is 1.93 bits per heavy atom. The van der Waals surface area contributed by atoms with Crippen molar-refractivity contribution in [1.82, 2.24) is 10.2 Å². The van der Waals surface area contributed by atoms with Crippen LogP contribution in [0.2, 0.25) is 0 Å². The number of hydrogen-bond acceptors (Lipinski definition) is 2. The predicted octanol–water partition coefficient (Wildman–Crippen LogP) is 1.96. The monoisotopic (exact) mass is 210 g/mol. The van der Waals surface area contributed by atoms with E-state index >= 15 is 0 Å². The van der Waals surface area contributed by atoms with Gasteiger partial charge in [-0.1, -0.05) is 6.92 Å². The van der Waals surface area contributed by atoms with Crippen LogP contribution in [0, 0.1) is 17.8 Å². The zero-order valence-corrected chi connectivity index (χ0v) is 10.5. The Labute approximate surface area is 94.4 Å². The molecule has 0 heterocycles. The topological polar surface area (TPSA) is 15.3 Å². The number of likely N-dealkylation sites (N-methyl/N-ethyl adjacent to an activating group) is 1. The highest BCUT2D eigenvalue weighted by atomic mass is 15.1. The Morgan fingerprint density at radius 3 is 2.53 bits per heavy atom. The molecule has 2 aliphatic rings. The van der Waals surface area contributed by atoms with E-state index in [1.54, 1.807) is 6.42 Å². The third-order valence-corrected chi connectivity index (χ3v) is 4.22. The predicted molar refractivity (Wildman–Crippen MR) is 65.0 cm³/mol. The number of rotatable bonds is 6. The Bertz CT molecular complexity index is 195.